The van der Waals surface area contributed by atoms with Crippen molar-refractivity contribution in [2.45, 2.75) is 6.18 Å². The van der Waals surface area contributed by atoms with E-state index in [1.807, 2.05) is 11.4 Å². The SMILES string of the molecule is O=C(Nc1cc(-c2ccc(C(F)(F)F)cc2)no1)c1ncoc1-c1cccs1. The van der Waals surface area contributed by atoms with E-state index in [4.69, 9.17) is 8.94 Å². The molecule has 4 aromatic rings. The average molecular weight is 405 g/mol. The van der Waals surface area contributed by atoms with Crippen LogP contribution in [0.2, 0.25) is 0 Å². The van der Waals surface area contributed by atoms with Gasteiger partial charge in [-0.05, 0) is 23.6 Å². The highest BCUT2D eigenvalue weighted by Gasteiger charge is 2.30. The minimum Gasteiger partial charge on any atom is -0.442 e. The van der Waals surface area contributed by atoms with Crippen LogP contribution < -0.4 is 5.32 Å². The van der Waals surface area contributed by atoms with Crippen molar-refractivity contribution in [3.8, 4) is 21.9 Å². The van der Waals surface area contributed by atoms with Gasteiger partial charge in [0, 0.05) is 11.6 Å². The van der Waals surface area contributed by atoms with Gasteiger partial charge < -0.3 is 8.94 Å². The zero-order chi connectivity index (χ0) is 19.7. The fourth-order valence-corrected chi connectivity index (χ4v) is 3.17. The van der Waals surface area contributed by atoms with Crippen molar-refractivity contribution in [2.75, 3.05) is 5.32 Å². The molecule has 0 fully saturated rings. The van der Waals surface area contributed by atoms with E-state index in [9.17, 15) is 18.0 Å². The summed E-state index contributed by atoms with van der Waals surface area (Å²) in [5, 5.41) is 8.12. The van der Waals surface area contributed by atoms with Crippen LogP contribution >= 0.6 is 11.3 Å². The number of carbonyl (C=O) groups is 1. The third kappa shape index (κ3) is 3.54. The largest absolute Gasteiger partial charge is 0.442 e. The zero-order valence-electron chi connectivity index (χ0n) is 13.9. The summed E-state index contributed by atoms with van der Waals surface area (Å²) in [5.74, 6) is -0.206. The van der Waals surface area contributed by atoms with Crippen molar-refractivity contribution in [2.24, 2.45) is 0 Å². The number of anilines is 1. The summed E-state index contributed by atoms with van der Waals surface area (Å²) >= 11 is 1.39. The molecule has 0 aliphatic heterocycles. The first-order valence-electron chi connectivity index (χ1n) is 7.85. The molecule has 0 saturated heterocycles. The summed E-state index contributed by atoms with van der Waals surface area (Å²) in [6.07, 6.45) is -3.25. The van der Waals surface area contributed by atoms with Gasteiger partial charge in [0.15, 0.2) is 17.8 Å². The molecule has 0 aliphatic carbocycles. The van der Waals surface area contributed by atoms with Crippen LogP contribution in [0.5, 0.6) is 0 Å². The van der Waals surface area contributed by atoms with Crippen LogP contribution in [0.4, 0.5) is 19.1 Å². The van der Waals surface area contributed by atoms with Gasteiger partial charge in [-0.2, -0.15) is 13.2 Å². The lowest BCUT2D eigenvalue weighted by Gasteiger charge is -2.06. The van der Waals surface area contributed by atoms with Crippen molar-refractivity contribution in [3.05, 3.63) is 65.5 Å². The Morgan fingerprint density at radius 2 is 1.93 bits per heavy atom. The summed E-state index contributed by atoms with van der Waals surface area (Å²) in [6.45, 7) is 0. The van der Waals surface area contributed by atoms with E-state index in [0.717, 1.165) is 23.4 Å². The number of aromatic nitrogens is 2. The second kappa shape index (κ2) is 6.97. The van der Waals surface area contributed by atoms with Crippen LogP contribution in [0, 0.1) is 0 Å². The number of oxazole rings is 1. The van der Waals surface area contributed by atoms with Gasteiger partial charge in [0.25, 0.3) is 5.91 Å². The predicted octanol–water partition coefficient (Wildman–Crippen LogP) is 5.33. The van der Waals surface area contributed by atoms with E-state index in [0.29, 0.717) is 11.3 Å². The molecule has 6 nitrogen and oxygen atoms in total. The summed E-state index contributed by atoms with van der Waals surface area (Å²) in [4.78, 5) is 17.1. The number of hydrogen-bond donors (Lipinski definition) is 1. The molecular formula is C18H10F3N3O3S. The van der Waals surface area contributed by atoms with Crippen molar-refractivity contribution in [3.63, 3.8) is 0 Å². The van der Waals surface area contributed by atoms with Gasteiger partial charge in [0.2, 0.25) is 5.88 Å². The van der Waals surface area contributed by atoms with Gasteiger partial charge in [-0.25, -0.2) is 4.98 Å². The van der Waals surface area contributed by atoms with E-state index in [1.54, 1.807) is 6.07 Å². The fourth-order valence-electron chi connectivity index (χ4n) is 2.46. The first kappa shape index (κ1) is 18.0. The Balaban J connectivity index is 1.51. The molecule has 1 aromatic carbocycles. The molecule has 0 atom stereocenters. The lowest BCUT2D eigenvalue weighted by Crippen LogP contribution is -2.12. The van der Waals surface area contributed by atoms with Gasteiger partial charge in [0.1, 0.15) is 5.69 Å². The Labute approximate surface area is 159 Å². The minimum atomic E-state index is -4.42. The van der Waals surface area contributed by atoms with Gasteiger partial charge in [0.05, 0.1) is 10.4 Å². The second-order valence-corrected chi connectivity index (χ2v) is 6.56. The number of amides is 1. The molecule has 0 bridgehead atoms. The molecule has 28 heavy (non-hydrogen) atoms. The lowest BCUT2D eigenvalue weighted by atomic mass is 10.1. The molecule has 0 spiro atoms. The third-order valence-electron chi connectivity index (χ3n) is 3.78. The highest BCUT2D eigenvalue weighted by atomic mass is 32.1. The maximum Gasteiger partial charge on any atom is 0.416 e. The van der Waals surface area contributed by atoms with Crippen molar-refractivity contribution in [1.29, 1.82) is 0 Å². The number of nitrogens with zero attached hydrogens (tertiary/aromatic N) is 2. The number of nitrogens with one attached hydrogen (secondary N) is 1. The van der Waals surface area contributed by atoms with Crippen LogP contribution in [0.25, 0.3) is 21.9 Å². The van der Waals surface area contributed by atoms with E-state index in [-0.39, 0.29) is 17.3 Å². The molecule has 4 rings (SSSR count). The Morgan fingerprint density at radius 3 is 2.61 bits per heavy atom. The van der Waals surface area contributed by atoms with E-state index >= 15 is 0 Å². The maximum absolute atomic E-state index is 12.6. The quantitative estimate of drug-likeness (QED) is 0.496. The number of thiophene rings is 1. The highest BCUT2D eigenvalue weighted by molar-refractivity contribution is 7.13. The van der Waals surface area contributed by atoms with Gasteiger partial charge in [-0.15, -0.1) is 11.3 Å². The van der Waals surface area contributed by atoms with Crippen molar-refractivity contribution in [1.82, 2.24) is 10.1 Å². The first-order chi connectivity index (χ1) is 13.4. The molecule has 0 saturated carbocycles. The summed E-state index contributed by atoms with van der Waals surface area (Å²) in [5.41, 5.74) is 0.0101. The molecule has 3 aromatic heterocycles. The Bertz CT molecular complexity index is 1100. The lowest BCUT2D eigenvalue weighted by molar-refractivity contribution is -0.137. The Hall–Kier alpha value is -3.40. The molecule has 1 N–H and O–H groups in total. The number of carbonyl (C=O) groups excluding carboxylic acids is 1. The smallest absolute Gasteiger partial charge is 0.416 e. The van der Waals surface area contributed by atoms with Crippen LogP contribution in [0.1, 0.15) is 16.1 Å². The maximum atomic E-state index is 12.6. The highest BCUT2D eigenvalue weighted by Crippen LogP contribution is 2.32. The van der Waals surface area contributed by atoms with Crippen LogP contribution in [-0.2, 0) is 6.18 Å². The molecule has 0 radical (unpaired) electrons. The topological polar surface area (TPSA) is 81.2 Å². The fraction of sp³-hybridized carbons (Fsp3) is 0.0556. The molecule has 3 heterocycles. The van der Waals surface area contributed by atoms with Gasteiger partial charge in [-0.1, -0.05) is 23.4 Å². The van der Waals surface area contributed by atoms with Gasteiger partial charge >= 0.3 is 6.18 Å². The number of halogens is 3. The van der Waals surface area contributed by atoms with E-state index in [1.165, 1.54) is 29.5 Å². The molecule has 142 valence electrons. The molecule has 0 aliphatic rings. The zero-order valence-corrected chi connectivity index (χ0v) is 14.7. The Kier molecular flexibility index (Phi) is 4.47. The summed E-state index contributed by atoms with van der Waals surface area (Å²) < 4.78 is 48.3. The number of hydrogen-bond acceptors (Lipinski definition) is 6. The number of benzene rings is 1. The predicted molar refractivity (Wildman–Crippen MR) is 94.7 cm³/mol. The number of alkyl halides is 3. The molecular weight excluding hydrogens is 395 g/mol. The summed E-state index contributed by atoms with van der Waals surface area (Å²) in [7, 11) is 0. The first-order valence-corrected chi connectivity index (χ1v) is 8.73. The monoisotopic (exact) mass is 405 g/mol. The van der Waals surface area contributed by atoms with Gasteiger partial charge in [-0.3, -0.25) is 10.1 Å². The van der Waals surface area contributed by atoms with E-state index < -0.39 is 17.6 Å². The van der Waals surface area contributed by atoms with Crippen LogP contribution in [0.15, 0.2) is 63.2 Å². The van der Waals surface area contributed by atoms with Crippen molar-refractivity contribution < 1.29 is 26.9 Å². The molecule has 10 heteroatoms. The average Bonchev–Trinajstić information content (AvgIpc) is 3.41. The standard InChI is InChI=1S/C18H10F3N3O3S/c19-18(20,21)11-5-3-10(4-6-11)12-8-14(27-24-12)23-17(25)15-16(26-9-22-15)13-2-1-7-28-13/h1-9H,(H,23,25). The second-order valence-electron chi connectivity index (χ2n) is 5.61. The third-order valence-corrected chi connectivity index (χ3v) is 4.65. The normalized spacial score (nSPS) is 11.5. The van der Waals surface area contributed by atoms with Crippen LogP contribution in [-0.4, -0.2) is 16.0 Å². The van der Waals surface area contributed by atoms with Crippen molar-refractivity contribution >= 4 is 23.1 Å². The summed E-state index contributed by atoms with van der Waals surface area (Å²) in [6, 6.07) is 9.47. The van der Waals surface area contributed by atoms with Crippen LogP contribution in [0.3, 0.4) is 0 Å². The molecule has 0 unspecified atom stereocenters. The Morgan fingerprint density at radius 1 is 1.14 bits per heavy atom. The minimum absolute atomic E-state index is 0.0278. The number of rotatable bonds is 4. The van der Waals surface area contributed by atoms with E-state index in [2.05, 4.69) is 15.5 Å². The molecule has 1 amide bonds.